The predicted octanol–water partition coefficient (Wildman–Crippen LogP) is 1.33. The molecule has 0 saturated carbocycles. The Morgan fingerprint density at radius 3 is 2.95 bits per heavy atom. The molecule has 1 saturated heterocycles. The molecular weight excluding hydrogens is 290 g/mol. The zero-order chi connectivity index (χ0) is 14.8. The zero-order valence-corrected chi connectivity index (χ0v) is 12.3. The largest absolute Gasteiger partial charge is 0.480 e. The van der Waals surface area contributed by atoms with Crippen molar-refractivity contribution in [2.75, 3.05) is 25.5 Å². The third kappa shape index (κ3) is 2.78. The van der Waals surface area contributed by atoms with Gasteiger partial charge in [-0.15, -0.1) is 11.8 Å². The summed E-state index contributed by atoms with van der Waals surface area (Å²) in [4.78, 5) is 25.6. The topological polar surface area (TPSA) is 66.8 Å². The van der Waals surface area contributed by atoms with Crippen molar-refractivity contribution in [3.05, 3.63) is 35.4 Å². The number of carboxylic acid groups (broad SMARTS) is 1. The van der Waals surface area contributed by atoms with Gasteiger partial charge in [-0.3, -0.25) is 4.79 Å². The second-order valence-electron chi connectivity index (χ2n) is 5.16. The van der Waals surface area contributed by atoms with Gasteiger partial charge in [0.25, 0.3) is 0 Å². The number of ether oxygens (including phenoxy) is 1. The van der Waals surface area contributed by atoms with Crippen molar-refractivity contribution < 1.29 is 19.4 Å². The monoisotopic (exact) mass is 307 g/mol. The minimum atomic E-state index is -1.00. The Morgan fingerprint density at radius 2 is 2.14 bits per heavy atom. The van der Waals surface area contributed by atoms with Crippen molar-refractivity contribution in [3.8, 4) is 0 Å². The zero-order valence-electron chi connectivity index (χ0n) is 11.5. The summed E-state index contributed by atoms with van der Waals surface area (Å²) < 4.78 is 5.20. The maximum atomic E-state index is 12.8. The maximum Gasteiger partial charge on any atom is 0.328 e. The second kappa shape index (κ2) is 6.07. The molecule has 0 aliphatic carbocycles. The first-order chi connectivity index (χ1) is 10.2. The second-order valence-corrected chi connectivity index (χ2v) is 6.37. The van der Waals surface area contributed by atoms with E-state index in [-0.39, 0.29) is 17.8 Å². The van der Waals surface area contributed by atoms with Crippen LogP contribution in [0.5, 0.6) is 0 Å². The van der Waals surface area contributed by atoms with Gasteiger partial charge in [-0.1, -0.05) is 24.3 Å². The van der Waals surface area contributed by atoms with Crippen molar-refractivity contribution in [3.63, 3.8) is 0 Å². The van der Waals surface area contributed by atoms with E-state index in [9.17, 15) is 14.7 Å². The van der Waals surface area contributed by atoms with Crippen LogP contribution < -0.4 is 0 Å². The number of rotatable bonds is 2. The number of carbonyl (C=O) groups excluding carboxylic acids is 1. The number of carbonyl (C=O) groups is 2. The van der Waals surface area contributed by atoms with Crippen LogP contribution >= 0.6 is 11.8 Å². The minimum Gasteiger partial charge on any atom is -0.480 e. The molecule has 3 rings (SSSR count). The van der Waals surface area contributed by atoms with Crippen LogP contribution in [0.3, 0.4) is 0 Å². The van der Waals surface area contributed by atoms with Crippen molar-refractivity contribution in [2.45, 2.75) is 17.7 Å². The Bertz CT molecular complexity index is 562. The minimum absolute atomic E-state index is 0.0696. The number of carboxylic acids is 1. The molecule has 0 bridgehead atoms. The maximum absolute atomic E-state index is 12.8. The molecule has 0 unspecified atom stereocenters. The molecule has 1 fully saturated rings. The summed E-state index contributed by atoms with van der Waals surface area (Å²) in [5, 5.41) is 8.97. The molecular formula is C15H17NO4S. The number of benzene rings is 1. The molecule has 2 atom stereocenters. The Hall–Kier alpha value is -1.53. The van der Waals surface area contributed by atoms with Crippen LogP contribution in [-0.2, 0) is 20.7 Å². The highest BCUT2D eigenvalue weighted by molar-refractivity contribution is 8.00. The third-order valence-corrected chi connectivity index (χ3v) is 5.14. The van der Waals surface area contributed by atoms with E-state index in [1.165, 1.54) is 10.5 Å². The fraction of sp³-hybridized carbons (Fsp3) is 0.467. The number of aryl methyl sites for hydroxylation is 1. The molecule has 1 aromatic rings. The smallest absolute Gasteiger partial charge is 0.328 e. The van der Waals surface area contributed by atoms with Gasteiger partial charge in [-0.05, 0) is 23.3 Å². The van der Waals surface area contributed by atoms with Crippen molar-refractivity contribution >= 4 is 23.6 Å². The molecule has 2 heterocycles. The molecule has 6 heteroatoms. The summed E-state index contributed by atoms with van der Waals surface area (Å²) in [7, 11) is 0. The van der Waals surface area contributed by atoms with Gasteiger partial charge in [0.05, 0.1) is 13.2 Å². The van der Waals surface area contributed by atoms with Gasteiger partial charge in [0.2, 0.25) is 5.91 Å². The number of hydrogen-bond donors (Lipinski definition) is 1. The number of amides is 1. The molecule has 21 heavy (non-hydrogen) atoms. The quantitative estimate of drug-likeness (QED) is 0.893. The molecule has 1 amide bonds. The van der Waals surface area contributed by atoms with Crippen LogP contribution in [0.1, 0.15) is 16.4 Å². The lowest BCUT2D eigenvalue weighted by molar-refractivity contribution is -0.158. The van der Waals surface area contributed by atoms with E-state index in [2.05, 4.69) is 0 Å². The number of fused-ring (bicyclic) bond motifs is 1. The number of hydrogen-bond acceptors (Lipinski definition) is 4. The van der Waals surface area contributed by atoms with Gasteiger partial charge < -0.3 is 14.7 Å². The highest BCUT2D eigenvalue weighted by atomic mass is 32.2. The summed E-state index contributed by atoms with van der Waals surface area (Å²) in [5.74, 6) is -0.227. The van der Waals surface area contributed by atoms with Gasteiger partial charge in [-0.25, -0.2) is 4.79 Å². The van der Waals surface area contributed by atoms with Gasteiger partial charge in [0.1, 0.15) is 5.25 Å². The average Bonchev–Trinajstić information content (AvgIpc) is 2.53. The molecule has 1 aromatic carbocycles. The van der Waals surface area contributed by atoms with E-state index in [0.29, 0.717) is 13.2 Å². The Kier molecular flexibility index (Phi) is 4.17. The molecule has 2 aliphatic heterocycles. The van der Waals surface area contributed by atoms with Crippen LogP contribution in [0, 0.1) is 0 Å². The third-order valence-electron chi connectivity index (χ3n) is 3.91. The van der Waals surface area contributed by atoms with E-state index >= 15 is 0 Å². The van der Waals surface area contributed by atoms with Crippen LogP contribution in [0.15, 0.2) is 24.3 Å². The van der Waals surface area contributed by atoms with Crippen molar-refractivity contribution in [1.82, 2.24) is 4.90 Å². The molecule has 1 N–H and O–H groups in total. The highest BCUT2D eigenvalue weighted by Crippen LogP contribution is 2.38. The lowest BCUT2D eigenvalue weighted by atomic mass is 10.0. The van der Waals surface area contributed by atoms with E-state index in [0.717, 1.165) is 17.7 Å². The normalized spacial score (nSPS) is 25.2. The molecule has 0 radical (unpaired) electrons. The highest BCUT2D eigenvalue weighted by Gasteiger charge is 2.38. The average molecular weight is 307 g/mol. The Labute approximate surface area is 127 Å². The van der Waals surface area contributed by atoms with E-state index < -0.39 is 12.0 Å². The number of aliphatic carboxylic acids is 1. The summed E-state index contributed by atoms with van der Waals surface area (Å²) in [6.45, 7) is 0.809. The fourth-order valence-corrected chi connectivity index (χ4v) is 4.08. The molecule has 0 aromatic heterocycles. The SMILES string of the molecule is O=C(O)[C@H]1COCCN1C(=O)[C@H]1SCCc2ccccc21. The lowest BCUT2D eigenvalue weighted by Crippen LogP contribution is -2.53. The van der Waals surface area contributed by atoms with Crippen molar-refractivity contribution in [2.24, 2.45) is 0 Å². The first-order valence-corrected chi connectivity index (χ1v) is 8.04. The Morgan fingerprint density at radius 1 is 1.33 bits per heavy atom. The van der Waals surface area contributed by atoms with E-state index in [1.807, 2.05) is 24.3 Å². The van der Waals surface area contributed by atoms with E-state index in [1.54, 1.807) is 11.8 Å². The Balaban J connectivity index is 1.86. The predicted molar refractivity (Wildman–Crippen MR) is 79.3 cm³/mol. The summed E-state index contributed by atoms with van der Waals surface area (Å²) >= 11 is 1.60. The van der Waals surface area contributed by atoms with Crippen LogP contribution in [-0.4, -0.2) is 53.4 Å². The fourth-order valence-electron chi connectivity index (χ4n) is 2.82. The van der Waals surface area contributed by atoms with Crippen molar-refractivity contribution in [1.29, 1.82) is 0 Å². The van der Waals surface area contributed by atoms with Crippen LogP contribution in [0.2, 0.25) is 0 Å². The van der Waals surface area contributed by atoms with Gasteiger partial charge in [0, 0.05) is 6.54 Å². The standard InChI is InChI=1S/C15H17NO4S/c17-14(16-6-7-20-9-12(16)15(18)19)13-11-4-2-1-3-10(11)5-8-21-13/h1-4,12-13H,5-9H2,(H,18,19)/t12-,13+/m1/s1. The first-order valence-electron chi connectivity index (χ1n) is 6.99. The number of morpholine rings is 1. The van der Waals surface area contributed by atoms with E-state index in [4.69, 9.17) is 4.74 Å². The summed E-state index contributed by atoms with van der Waals surface area (Å²) in [6, 6.07) is 7.05. The first kappa shape index (κ1) is 14.4. The number of thioether (sulfide) groups is 1. The molecule has 2 aliphatic rings. The molecule has 5 nitrogen and oxygen atoms in total. The van der Waals surface area contributed by atoms with Gasteiger partial charge >= 0.3 is 5.97 Å². The van der Waals surface area contributed by atoms with Gasteiger partial charge in [-0.2, -0.15) is 0 Å². The lowest BCUT2D eigenvalue weighted by Gasteiger charge is -2.36. The summed E-state index contributed by atoms with van der Waals surface area (Å²) in [5.41, 5.74) is 2.21. The van der Waals surface area contributed by atoms with Crippen LogP contribution in [0.4, 0.5) is 0 Å². The number of nitrogens with zero attached hydrogens (tertiary/aromatic N) is 1. The van der Waals surface area contributed by atoms with Crippen LogP contribution in [0.25, 0.3) is 0 Å². The van der Waals surface area contributed by atoms with Gasteiger partial charge in [0.15, 0.2) is 6.04 Å². The molecule has 0 spiro atoms. The summed E-state index contributed by atoms with van der Waals surface area (Å²) in [6.07, 6.45) is 0.954. The molecule has 112 valence electrons.